The first kappa shape index (κ1) is 8.62. The number of anilines is 1. The maximum Gasteiger partial charge on any atom is 0.350 e. The van der Waals surface area contributed by atoms with E-state index in [0.29, 0.717) is 15.4 Å². The lowest BCUT2D eigenvalue weighted by molar-refractivity contribution is 0.0607. The number of methoxy groups -OCH3 is 1. The molecule has 0 atom stereocenters. The van der Waals surface area contributed by atoms with Crippen molar-refractivity contribution in [1.29, 1.82) is 0 Å². The molecule has 1 rings (SSSR count). The summed E-state index contributed by atoms with van der Waals surface area (Å²) in [6.07, 6.45) is 5.13. The van der Waals surface area contributed by atoms with Crippen LogP contribution in [0.2, 0.25) is 0 Å². The molecule has 0 saturated carbocycles. The third kappa shape index (κ3) is 1.41. The Hall–Kier alpha value is -1.47. The number of nitrogen functional groups attached to an aromatic ring is 1. The molecular weight excluding hydrogens is 174 g/mol. The molecule has 0 aliphatic carbocycles. The quantitative estimate of drug-likeness (QED) is 0.521. The van der Waals surface area contributed by atoms with Gasteiger partial charge in [-0.25, -0.2) is 4.79 Å². The molecule has 0 aliphatic rings. The highest BCUT2D eigenvalue weighted by atomic mass is 32.1. The van der Waals surface area contributed by atoms with E-state index in [9.17, 15) is 4.79 Å². The van der Waals surface area contributed by atoms with Gasteiger partial charge < -0.3 is 10.5 Å². The van der Waals surface area contributed by atoms with Gasteiger partial charge in [-0.15, -0.1) is 17.8 Å². The van der Waals surface area contributed by atoms with Crippen molar-refractivity contribution in [2.45, 2.75) is 0 Å². The Bertz CT molecular complexity index is 348. The molecule has 0 aliphatic heterocycles. The van der Waals surface area contributed by atoms with Crippen LogP contribution in [-0.4, -0.2) is 13.1 Å². The van der Waals surface area contributed by atoms with Crippen molar-refractivity contribution >= 4 is 23.0 Å². The number of carbonyl (C=O) groups is 1. The summed E-state index contributed by atoms with van der Waals surface area (Å²) in [7, 11) is 1.30. The molecule has 62 valence electrons. The maximum absolute atomic E-state index is 11.0. The molecule has 1 aromatic heterocycles. The van der Waals surface area contributed by atoms with Crippen molar-refractivity contribution in [1.82, 2.24) is 0 Å². The van der Waals surface area contributed by atoms with E-state index in [1.165, 1.54) is 7.11 Å². The lowest BCUT2D eigenvalue weighted by Gasteiger charge is -1.94. The fourth-order valence-corrected chi connectivity index (χ4v) is 1.54. The monoisotopic (exact) mass is 181 g/mol. The van der Waals surface area contributed by atoms with Crippen LogP contribution in [0.25, 0.3) is 0 Å². The number of ether oxygens (including phenoxy) is 1. The highest BCUT2D eigenvalue weighted by molar-refractivity contribution is 7.15. The van der Waals surface area contributed by atoms with E-state index in [2.05, 4.69) is 10.7 Å². The van der Waals surface area contributed by atoms with Crippen LogP contribution in [0.15, 0.2) is 6.07 Å². The van der Waals surface area contributed by atoms with E-state index >= 15 is 0 Å². The summed E-state index contributed by atoms with van der Waals surface area (Å²) in [4.78, 5) is 12.0. The minimum absolute atomic E-state index is 0.366. The second-order valence-electron chi connectivity index (χ2n) is 2.03. The number of carbonyl (C=O) groups excluding carboxylic acids is 1. The van der Waals surface area contributed by atoms with Crippen LogP contribution in [0, 0.1) is 12.3 Å². The fraction of sp³-hybridized carbons (Fsp3) is 0.125. The smallest absolute Gasteiger partial charge is 0.350 e. The minimum Gasteiger partial charge on any atom is -0.465 e. The molecule has 0 spiro atoms. The average molecular weight is 181 g/mol. The Morgan fingerprint density at radius 3 is 2.92 bits per heavy atom. The third-order valence-electron chi connectivity index (χ3n) is 1.27. The van der Waals surface area contributed by atoms with Gasteiger partial charge in [0.05, 0.1) is 17.7 Å². The van der Waals surface area contributed by atoms with Crippen molar-refractivity contribution < 1.29 is 9.53 Å². The predicted molar refractivity (Wildman–Crippen MR) is 48.0 cm³/mol. The molecule has 0 aromatic carbocycles. The second-order valence-corrected chi connectivity index (χ2v) is 3.08. The highest BCUT2D eigenvalue weighted by Crippen LogP contribution is 2.24. The lowest BCUT2D eigenvalue weighted by atomic mass is 10.3. The fourth-order valence-electron chi connectivity index (χ4n) is 0.728. The topological polar surface area (TPSA) is 52.3 Å². The van der Waals surface area contributed by atoms with E-state index in [-0.39, 0.29) is 0 Å². The first-order valence-electron chi connectivity index (χ1n) is 3.13. The van der Waals surface area contributed by atoms with Gasteiger partial charge in [0, 0.05) is 0 Å². The highest BCUT2D eigenvalue weighted by Gasteiger charge is 2.13. The summed E-state index contributed by atoms with van der Waals surface area (Å²) < 4.78 is 4.50. The van der Waals surface area contributed by atoms with Crippen LogP contribution in [-0.2, 0) is 4.74 Å². The number of terminal acetylenes is 1. The summed E-state index contributed by atoms with van der Waals surface area (Å²) in [6, 6.07) is 1.58. The van der Waals surface area contributed by atoms with Crippen LogP contribution in [0.4, 0.5) is 5.69 Å². The zero-order valence-electron chi connectivity index (χ0n) is 6.46. The Balaban J connectivity index is 3.10. The SMILES string of the molecule is C#Cc1cc(N)c(C(=O)OC)s1. The van der Waals surface area contributed by atoms with Crippen molar-refractivity contribution in [2.75, 3.05) is 12.8 Å². The summed E-state index contributed by atoms with van der Waals surface area (Å²) in [5.74, 6) is 1.95. The normalized spacial score (nSPS) is 9.00. The zero-order chi connectivity index (χ0) is 9.14. The lowest BCUT2D eigenvalue weighted by Crippen LogP contribution is -2.00. The number of rotatable bonds is 1. The first-order valence-corrected chi connectivity index (χ1v) is 3.95. The number of hydrogen-bond acceptors (Lipinski definition) is 4. The average Bonchev–Trinajstić information content (AvgIpc) is 2.45. The molecule has 2 N–H and O–H groups in total. The van der Waals surface area contributed by atoms with Gasteiger partial charge in [0.25, 0.3) is 0 Å². The van der Waals surface area contributed by atoms with E-state index < -0.39 is 5.97 Å². The number of nitrogens with two attached hydrogens (primary N) is 1. The second kappa shape index (κ2) is 3.28. The molecule has 0 unspecified atom stereocenters. The van der Waals surface area contributed by atoms with E-state index in [1.807, 2.05) is 0 Å². The number of esters is 1. The summed E-state index contributed by atoms with van der Waals surface area (Å²) in [5, 5.41) is 0. The van der Waals surface area contributed by atoms with E-state index in [1.54, 1.807) is 6.07 Å². The molecule has 0 fully saturated rings. The Kier molecular flexibility index (Phi) is 2.36. The standard InChI is InChI=1S/C8H7NO2S/c1-3-5-4-6(9)7(12-5)8(10)11-2/h1,4H,9H2,2H3. The van der Waals surface area contributed by atoms with Crippen LogP contribution in [0.3, 0.4) is 0 Å². The Morgan fingerprint density at radius 2 is 2.50 bits per heavy atom. The summed E-state index contributed by atoms with van der Waals surface area (Å²) in [6.45, 7) is 0. The summed E-state index contributed by atoms with van der Waals surface area (Å²) >= 11 is 1.16. The van der Waals surface area contributed by atoms with Crippen LogP contribution in [0.5, 0.6) is 0 Å². The van der Waals surface area contributed by atoms with Crippen molar-refractivity contribution in [3.63, 3.8) is 0 Å². The predicted octanol–water partition coefficient (Wildman–Crippen LogP) is 1.10. The van der Waals surface area contributed by atoms with Gasteiger partial charge >= 0.3 is 5.97 Å². The molecule has 1 aromatic rings. The molecule has 0 amide bonds. The van der Waals surface area contributed by atoms with E-state index in [4.69, 9.17) is 12.2 Å². The van der Waals surface area contributed by atoms with Gasteiger partial charge in [-0.1, -0.05) is 5.92 Å². The third-order valence-corrected chi connectivity index (χ3v) is 2.34. The van der Waals surface area contributed by atoms with Gasteiger partial charge in [0.15, 0.2) is 0 Å². The number of hydrogen-bond donors (Lipinski definition) is 1. The molecule has 12 heavy (non-hydrogen) atoms. The minimum atomic E-state index is -0.445. The molecule has 0 saturated heterocycles. The van der Waals surface area contributed by atoms with Gasteiger partial charge in [-0.05, 0) is 6.07 Å². The van der Waals surface area contributed by atoms with Crippen LogP contribution >= 0.6 is 11.3 Å². The first-order chi connectivity index (χ1) is 5.69. The van der Waals surface area contributed by atoms with Crippen LogP contribution in [0.1, 0.15) is 14.5 Å². The summed E-state index contributed by atoms with van der Waals surface area (Å²) in [5.41, 5.74) is 5.88. The Morgan fingerprint density at radius 1 is 1.83 bits per heavy atom. The van der Waals surface area contributed by atoms with Gasteiger partial charge in [-0.2, -0.15) is 0 Å². The molecule has 0 radical (unpaired) electrons. The maximum atomic E-state index is 11.0. The Labute approximate surface area is 74.1 Å². The van der Waals surface area contributed by atoms with Gasteiger partial charge in [0.1, 0.15) is 4.88 Å². The number of thiophene rings is 1. The molecule has 4 heteroatoms. The van der Waals surface area contributed by atoms with Crippen molar-refractivity contribution in [3.8, 4) is 12.3 Å². The molecule has 1 heterocycles. The van der Waals surface area contributed by atoms with E-state index in [0.717, 1.165) is 11.3 Å². The largest absolute Gasteiger partial charge is 0.465 e. The van der Waals surface area contributed by atoms with Gasteiger partial charge in [-0.3, -0.25) is 0 Å². The van der Waals surface area contributed by atoms with Crippen LogP contribution < -0.4 is 5.73 Å². The molecule has 0 bridgehead atoms. The molecular formula is C8H7NO2S. The van der Waals surface area contributed by atoms with Crippen molar-refractivity contribution in [2.24, 2.45) is 0 Å². The van der Waals surface area contributed by atoms with Crippen molar-refractivity contribution in [3.05, 3.63) is 15.8 Å². The van der Waals surface area contributed by atoms with Gasteiger partial charge in [0.2, 0.25) is 0 Å². The zero-order valence-corrected chi connectivity index (χ0v) is 7.27. The molecule has 3 nitrogen and oxygen atoms in total.